The SMILES string of the molecule is O=C(OCC(=O)N1CCCC1)c1ccc2c(c1)C(=O)N(c1ccc(F)cc1)C2=O. The van der Waals surface area contributed by atoms with E-state index in [9.17, 15) is 23.6 Å². The van der Waals surface area contributed by atoms with Gasteiger partial charge in [0.2, 0.25) is 0 Å². The zero-order chi connectivity index (χ0) is 20.5. The summed E-state index contributed by atoms with van der Waals surface area (Å²) in [6, 6.07) is 8.99. The Morgan fingerprint density at radius 1 is 0.931 bits per heavy atom. The molecule has 0 N–H and O–H groups in total. The summed E-state index contributed by atoms with van der Waals surface area (Å²) in [6.45, 7) is 0.945. The topological polar surface area (TPSA) is 84.0 Å². The summed E-state index contributed by atoms with van der Waals surface area (Å²) >= 11 is 0. The number of rotatable bonds is 4. The van der Waals surface area contributed by atoms with Crippen molar-refractivity contribution in [1.29, 1.82) is 0 Å². The monoisotopic (exact) mass is 396 g/mol. The molecule has 0 aromatic heterocycles. The van der Waals surface area contributed by atoms with Crippen LogP contribution in [0.3, 0.4) is 0 Å². The first-order chi connectivity index (χ1) is 14.0. The first kappa shape index (κ1) is 18.8. The summed E-state index contributed by atoms with van der Waals surface area (Å²) in [5.41, 5.74) is 0.502. The average Bonchev–Trinajstić information content (AvgIpc) is 3.35. The smallest absolute Gasteiger partial charge is 0.338 e. The van der Waals surface area contributed by atoms with E-state index in [1.165, 1.54) is 30.3 Å². The van der Waals surface area contributed by atoms with Crippen molar-refractivity contribution in [2.45, 2.75) is 12.8 Å². The van der Waals surface area contributed by atoms with Gasteiger partial charge in [-0.1, -0.05) is 0 Å². The van der Waals surface area contributed by atoms with Crippen LogP contribution in [0.15, 0.2) is 42.5 Å². The largest absolute Gasteiger partial charge is 0.452 e. The molecule has 4 rings (SSSR count). The van der Waals surface area contributed by atoms with Crippen molar-refractivity contribution in [2.24, 2.45) is 0 Å². The number of benzene rings is 2. The Bertz CT molecular complexity index is 1010. The molecule has 2 aromatic carbocycles. The molecule has 8 heteroatoms. The molecule has 0 bridgehead atoms. The molecule has 29 heavy (non-hydrogen) atoms. The lowest BCUT2D eigenvalue weighted by Crippen LogP contribution is -2.32. The van der Waals surface area contributed by atoms with Gasteiger partial charge in [-0.25, -0.2) is 14.1 Å². The number of anilines is 1. The summed E-state index contributed by atoms with van der Waals surface area (Å²) in [5, 5.41) is 0. The number of carbonyl (C=O) groups is 4. The maximum Gasteiger partial charge on any atom is 0.338 e. The van der Waals surface area contributed by atoms with E-state index in [0.29, 0.717) is 13.1 Å². The van der Waals surface area contributed by atoms with Gasteiger partial charge in [-0.05, 0) is 55.3 Å². The first-order valence-electron chi connectivity index (χ1n) is 9.19. The van der Waals surface area contributed by atoms with Crippen LogP contribution in [0.5, 0.6) is 0 Å². The van der Waals surface area contributed by atoms with E-state index in [2.05, 4.69) is 0 Å². The molecule has 0 unspecified atom stereocenters. The molecule has 0 aliphatic carbocycles. The van der Waals surface area contributed by atoms with Gasteiger partial charge in [-0.3, -0.25) is 14.4 Å². The van der Waals surface area contributed by atoms with Gasteiger partial charge in [0.15, 0.2) is 6.61 Å². The summed E-state index contributed by atoms with van der Waals surface area (Å²) < 4.78 is 18.2. The molecule has 2 aromatic rings. The van der Waals surface area contributed by atoms with Crippen LogP contribution in [0.25, 0.3) is 0 Å². The Balaban J connectivity index is 1.50. The number of hydrogen-bond acceptors (Lipinski definition) is 5. The highest BCUT2D eigenvalue weighted by Gasteiger charge is 2.37. The predicted octanol–water partition coefficient (Wildman–Crippen LogP) is 2.41. The molecule has 0 atom stereocenters. The fraction of sp³-hybridized carbons (Fsp3) is 0.238. The Hall–Kier alpha value is -3.55. The van der Waals surface area contributed by atoms with Crippen molar-refractivity contribution >= 4 is 29.4 Å². The molecule has 2 aliphatic heterocycles. The van der Waals surface area contributed by atoms with Crippen molar-refractivity contribution in [1.82, 2.24) is 4.90 Å². The van der Waals surface area contributed by atoms with E-state index in [-0.39, 0.29) is 34.9 Å². The van der Waals surface area contributed by atoms with Crippen LogP contribution in [-0.4, -0.2) is 48.3 Å². The number of esters is 1. The fourth-order valence-electron chi connectivity index (χ4n) is 3.46. The zero-order valence-electron chi connectivity index (χ0n) is 15.4. The average molecular weight is 396 g/mol. The molecule has 1 saturated heterocycles. The molecule has 2 aliphatic rings. The van der Waals surface area contributed by atoms with Gasteiger partial charge < -0.3 is 9.64 Å². The minimum Gasteiger partial charge on any atom is -0.452 e. The second kappa shape index (κ2) is 7.46. The van der Waals surface area contributed by atoms with Crippen molar-refractivity contribution in [3.8, 4) is 0 Å². The third-order valence-electron chi connectivity index (χ3n) is 4.99. The Kier molecular flexibility index (Phi) is 4.84. The number of amides is 3. The van der Waals surface area contributed by atoms with Crippen LogP contribution < -0.4 is 4.90 Å². The third kappa shape index (κ3) is 3.49. The van der Waals surface area contributed by atoms with Gasteiger partial charge in [-0.2, -0.15) is 0 Å². The lowest BCUT2D eigenvalue weighted by Gasteiger charge is -2.14. The zero-order valence-corrected chi connectivity index (χ0v) is 15.4. The summed E-state index contributed by atoms with van der Waals surface area (Å²) in [4.78, 5) is 52.2. The molecular weight excluding hydrogens is 379 g/mol. The van der Waals surface area contributed by atoms with Gasteiger partial charge in [0.05, 0.1) is 22.4 Å². The number of likely N-dealkylation sites (tertiary alicyclic amines) is 1. The Labute approximate surface area is 165 Å². The minimum absolute atomic E-state index is 0.0552. The van der Waals surface area contributed by atoms with E-state index in [1.54, 1.807) is 4.90 Å². The van der Waals surface area contributed by atoms with Crippen LogP contribution in [0.2, 0.25) is 0 Å². The molecule has 7 nitrogen and oxygen atoms in total. The highest BCUT2D eigenvalue weighted by Crippen LogP contribution is 2.29. The summed E-state index contributed by atoms with van der Waals surface area (Å²) in [7, 11) is 0. The van der Waals surface area contributed by atoms with E-state index in [4.69, 9.17) is 4.74 Å². The minimum atomic E-state index is -0.749. The number of halogens is 1. The summed E-state index contributed by atoms with van der Waals surface area (Å²) in [5.74, 6) is -2.66. The molecule has 0 saturated carbocycles. The molecule has 3 amide bonds. The van der Waals surface area contributed by atoms with E-state index < -0.39 is 23.6 Å². The molecule has 2 heterocycles. The number of ether oxygens (including phenoxy) is 1. The highest BCUT2D eigenvalue weighted by atomic mass is 19.1. The van der Waals surface area contributed by atoms with Crippen molar-refractivity contribution in [3.05, 3.63) is 65.0 Å². The standard InChI is InChI=1S/C21H17FN2O5/c22-14-4-6-15(7-5-14)24-19(26)16-8-3-13(11-17(16)20(24)27)21(28)29-12-18(25)23-9-1-2-10-23/h3-8,11H,1-2,9-10,12H2. The van der Waals surface area contributed by atoms with Gasteiger partial charge in [0.1, 0.15) is 5.82 Å². The van der Waals surface area contributed by atoms with Gasteiger partial charge in [-0.15, -0.1) is 0 Å². The fourth-order valence-corrected chi connectivity index (χ4v) is 3.46. The predicted molar refractivity (Wildman–Crippen MR) is 100 cm³/mol. The van der Waals surface area contributed by atoms with Crippen molar-refractivity contribution in [3.63, 3.8) is 0 Å². The van der Waals surface area contributed by atoms with Crippen LogP contribution in [0, 0.1) is 5.82 Å². The van der Waals surface area contributed by atoms with Gasteiger partial charge in [0, 0.05) is 13.1 Å². The van der Waals surface area contributed by atoms with Crippen LogP contribution >= 0.6 is 0 Å². The van der Waals surface area contributed by atoms with Crippen LogP contribution in [-0.2, 0) is 9.53 Å². The molecule has 1 fully saturated rings. The molecule has 0 spiro atoms. The lowest BCUT2D eigenvalue weighted by atomic mass is 10.1. The molecule has 0 radical (unpaired) electrons. The van der Waals surface area contributed by atoms with E-state index in [1.807, 2.05) is 0 Å². The normalized spacial score (nSPS) is 15.6. The number of imide groups is 1. The number of hydrogen-bond donors (Lipinski definition) is 0. The lowest BCUT2D eigenvalue weighted by molar-refractivity contribution is -0.133. The van der Waals surface area contributed by atoms with Crippen molar-refractivity contribution in [2.75, 3.05) is 24.6 Å². The van der Waals surface area contributed by atoms with E-state index in [0.717, 1.165) is 29.9 Å². The van der Waals surface area contributed by atoms with Crippen LogP contribution in [0.1, 0.15) is 43.9 Å². The number of nitrogens with zero attached hydrogens (tertiary/aromatic N) is 2. The van der Waals surface area contributed by atoms with Crippen LogP contribution in [0.4, 0.5) is 10.1 Å². The van der Waals surface area contributed by atoms with Crippen molar-refractivity contribution < 1.29 is 28.3 Å². The molecule has 148 valence electrons. The Morgan fingerprint density at radius 2 is 1.59 bits per heavy atom. The van der Waals surface area contributed by atoms with Gasteiger partial charge in [0.25, 0.3) is 17.7 Å². The molecular formula is C21H17FN2O5. The second-order valence-corrected chi connectivity index (χ2v) is 6.85. The van der Waals surface area contributed by atoms with E-state index >= 15 is 0 Å². The quantitative estimate of drug-likeness (QED) is 0.585. The highest BCUT2D eigenvalue weighted by molar-refractivity contribution is 6.34. The Morgan fingerprint density at radius 3 is 2.28 bits per heavy atom. The van der Waals surface area contributed by atoms with Gasteiger partial charge >= 0.3 is 5.97 Å². The maximum atomic E-state index is 13.1. The number of fused-ring (bicyclic) bond motifs is 1. The number of carbonyl (C=O) groups excluding carboxylic acids is 4. The maximum absolute atomic E-state index is 13.1. The first-order valence-corrected chi connectivity index (χ1v) is 9.19. The third-order valence-corrected chi connectivity index (χ3v) is 4.99. The second-order valence-electron chi connectivity index (χ2n) is 6.85. The summed E-state index contributed by atoms with van der Waals surface area (Å²) in [6.07, 6.45) is 1.87.